The molecule has 0 unspecified atom stereocenters. The summed E-state index contributed by atoms with van der Waals surface area (Å²) in [4.78, 5) is 13.0. The number of sulfonamides is 1. The zero-order valence-electron chi connectivity index (χ0n) is 9.03. The fourth-order valence-electron chi connectivity index (χ4n) is 1.54. The SMILES string of the molecule is CCS(=O)(=O)NCCCN1CCCC1=O. The summed E-state index contributed by atoms with van der Waals surface area (Å²) in [6, 6.07) is 0. The minimum Gasteiger partial charge on any atom is -0.343 e. The minimum atomic E-state index is -3.08. The molecule has 0 saturated carbocycles. The summed E-state index contributed by atoms with van der Waals surface area (Å²) < 4.78 is 24.6. The smallest absolute Gasteiger partial charge is 0.222 e. The number of carbonyl (C=O) groups is 1. The van der Waals surface area contributed by atoms with E-state index in [1.54, 1.807) is 11.8 Å². The van der Waals surface area contributed by atoms with E-state index in [2.05, 4.69) is 4.72 Å². The second kappa shape index (κ2) is 5.46. The molecular formula is C9H18N2O3S. The van der Waals surface area contributed by atoms with Crippen LogP contribution in [0.5, 0.6) is 0 Å². The molecule has 1 amide bonds. The van der Waals surface area contributed by atoms with Crippen LogP contribution < -0.4 is 4.72 Å². The van der Waals surface area contributed by atoms with Crippen LogP contribution in [0.3, 0.4) is 0 Å². The van der Waals surface area contributed by atoms with Crippen LogP contribution in [0.25, 0.3) is 0 Å². The van der Waals surface area contributed by atoms with Gasteiger partial charge in [-0.25, -0.2) is 13.1 Å². The maximum Gasteiger partial charge on any atom is 0.222 e. The number of rotatable bonds is 6. The Labute approximate surface area is 90.9 Å². The molecule has 0 spiro atoms. The van der Waals surface area contributed by atoms with Crippen LogP contribution in [-0.2, 0) is 14.8 Å². The third-order valence-corrected chi connectivity index (χ3v) is 3.88. The molecule has 1 heterocycles. The Morgan fingerprint density at radius 3 is 2.73 bits per heavy atom. The quantitative estimate of drug-likeness (QED) is 0.655. The van der Waals surface area contributed by atoms with Crippen molar-refractivity contribution in [3.63, 3.8) is 0 Å². The van der Waals surface area contributed by atoms with Gasteiger partial charge in [-0.15, -0.1) is 0 Å². The second-order valence-corrected chi connectivity index (χ2v) is 5.73. The maximum atomic E-state index is 11.2. The Morgan fingerprint density at radius 1 is 1.47 bits per heavy atom. The third kappa shape index (κ3) is 4.17. The first-order valence-electron chi connectivity index (χ1n) is 5.30. The van der Waals surface area contributed by atoms with E-state index in [0.717, 1.165) is 13.0 Å². The fourth-order valence-corrected chi connectivity index (χ4v) is 2.20. The Hall–Kier alpha value is -0.620. The lowest BCUT2D eigenvalue weighted by Gasteiger charge is -2.15. The number of amides is 1. The lowest BCUT2D eigenvalue weighted by atomic mass is 10.4. The molecule has 0 aliphatic carbocycles. The largest absolute Gasteiger partial charge is 0.343 e. The zero-order chi connectivity index (χ0) is 11.3. The van der Waals surface area contributed by atoms with Gasteiger partial charge in [0.2, 0.25) is 15.9 Å². The number of likely N-dealkylation sites (tertiary alicyclic amines) is 1. The molecule has 0 radical (unpaired) electrons. The van der Waals surface area contributed by atoms with Crippen molar-refractivity contribution in [1.82, 2.24) is 9.62 Å². The fraction of sp³-hybridized carbons (Fsp3) is 0.889. The second-order valence-electron chi connectivity index (χ2n) is 3.64. The van der Waals surface area contributed by atoms with Crippen LogP contribution in [0.15, 0.2) is 0 Å². The average molecular weight is 234 g/mol. The van der Waals surface area contributed by atoms with E-state index in [1.807, 2.05) is 0 Å². The number of carbonyl (C=O) groups excluding carboxylic acids is 1. The molecule has 1 N–H and O–H groups in total. The lowest BCUT2D eigenvalue weighted by Crippen LogP contribution is -2.31. The van der Waals surface area contributed by atoms with Gasteiger partial charge in [-0.1, -0.05) is 0 Å². The lowest BCUT2D eigenvalue weighted by molar-refractivity contribution is -0.127. The monoisotopic (exact) mass is 234 g/mol. The Morgan fingerprint density at radius 2 is 2.20 bits per heavy atom. The summed E-state index contributed by atoms with van der Waals surface area (Å²) in [6.07, 6.45) is 2.26. The number of nitrogens with zero attached hydrogens (tertiary/aromatic N) is 1. The minimum absolute atomic E-state index is 0.107. The van der Waals surface area contributed by atoms with Crippen LogP contribution in [0.1, 0.15) is 26.2 Å². The van der Waals surface area contributed by atoms with Crippen molar-refractivity contribution in [3.05, 3.63) is 0 Å². The zero-order valence-corrected chi connectivity index (χ0v) is 9.85. The van der Waals surface area contributed by atoms with Crippen LogP contribution >= 0.6 is 0 Å². The highest BCUT2D eigenvalue weighted by Crippen LogP contribution is 2.09. The highest BCUT2D eigenvalue weighted by Gasteiger charge is 2.19. The van der Waals surface area contributed by atoms with Crippen LogP contribution in [-0.4, -0.2) is 44.6 Å². The van der Waals surface area contributed by atoms with Gasteiger partial charge in [0.25, 0.3) is 0 Å². The van der Waals surface area contributed by atoms with E-state index in [-0.39, 0.29) is 11.7 Å². The molecular weight excluding hydrogens is 216 g/mol. The summed E-state index contributed by atoms with van der Waals surface area (Å²) in [6.45, 7) is 3.50. The van der Waals surface area contributed by atoms with Gasteiger partial charge < -0.3 is 4.90 Å². The van der Waals surface area contributed by atoms with Gasteiger partial charge in [0.1, 0.15) is 0 Å². The molecule has 1 fully saturated rings. The van der Waals surface area contributed by atoms with E-state index in [9.17, 15) is 13.2 Å². The topological polar surface area (TPSA) is 66.5 Å². The number of nitrogens with one attached hydrogen (secondary N) is 1. The van der Waals surface area contributed by atoms with E-state index in [4.69, 9.17) is 0 Å². The van der Waals surface area contributed by atoms with Gasteiger partial charge in [0.05, 0.1) is 5.75 Å². The van der Waals surface area contributed by atoms with Crippen molar-refractivity contribution < 1.29 is 13.2 Å². The molecule has 88 valence electrons. The van der Waals surface area contributed by atoms with Crippen LogP contribution in [0, 0.1) is 0 Å². The van der Waals surface area contributed by atoms with E-state index in [0.29, 0.717) is 25.9 Å². The maximum absolute atomic E-state index is 11.2. The molecule has 1 aliphatic heterocycles. The predicted molar refractivity (Wildman–Crippen MR) is 57.9 cm³/mol. The molecule has 1 saturated heterocycles. The molecule has 0 atom stereocenters. The van der Waals surface area contributed by atoms with Gasteiger partial charge in [0, 0.05) is 26.1 Å². The van der Waals surface area contributed by atoms with Gasteiger partial charge >= 0.3 is 0 Å². The molecule has 0 aromatic heterocycles. The Kier molecular flexibility index (Phi) is 4.53. The summed E-state index contributed by atoms with van der Waals surface area (Å²) in [5.41, 5.74) is 0. The van der Waals surface area contributed by atoms with Crippen molar-refractivity contribution in [2.24, 2.45) is 0 Å². The first-order chi connectivity index (χ1) is 7.05. The summed E-state index contributed by atoms with van der Waals surface area (Å²) >= 11 is 0. The molecule has 0 aromatic carbocycles. The van der Waals surface area contributed by atoms with Gasteiger partial charge in [0.15, 0.2) is 0 Å². The predicted octanol–water partition coefficient (Wildman–Crippen LogP) is -0.0618. The van der Waals surface area contributed by atoms with Gasteiger partial charge in [-0.2, -0.15) is 0 Å². The van der Waals surface area contributed by atoms with Crippen molar-refractivity contribution in [1.29, 1.82) is 0 Å². The summed E-state index contributed by atoms with van der Waals surface area (Å²) in [7, 11) is -3.08. The Bertz CT molecular complexity index is 313. The highest BCUT2D eigenvalue weighted by molar-refractivity contribution is 7.89. The standard InChI is InChI=1S/C9H18N2O3S/c1-2-15(13,14)10-6-4-8-11-7-3-5-9(11)12/h10H,2-8H2,1H3. The molecule has 5 nitrogen and oxygen atoms in total. The third-order valence-electron chi connectivity index (χ3n) is 2.48. The summed E-state index contributed by atoms with van der Waals surface area (Å²) in [5.74, 6) is 0.295. The van der Waals surface area contributed by atoms with E-state index < -0.39 is 10.0 Å². The molecule has 0 aromatic rings. The van der Waals surface area contributed by atoms with Crippen molar-refractivity contribution in [3.8, 4) is 0 Å². The Balaban J connectivity index is 2.14. The normalized spacial score (nSPS) is 17.4. The molecule has 0 bridgehead atoms. The van der Waals surface area contributed by atoms with Crippen molar-refractivity contribution >= 4 is 15.9 Å². The molecule has 1 aliphatic rings. The van der Waals surface area contributed by atoms with E-state index >= 15 is 0 Å². The molecule has 6 heteroatoms. The number of hydrogen-bond donors (Lipinski definition) is 1. The van der Waals surface area contributed by atoms with Crippen LogP contribution in [0.4, 0.5) is 0 Å². The van der Waals surface area contributed by atoms with Crippen LogP contribution in [0.2, 0.25) is 0 Å². The first-order valence-corrected chi connectivity index (χ1v) is 6.95. The first kappa shape index (κ1) is 12.4. The van der Waals surface area contributed by atoms with Gasteiger partial charge in [-0.05, 0) is 19.8 Å². The van der Waals surface area contributed by atoms with Crippen molar-refractivity contribution in [2.75, 3.05) is 25.4 Å². The van der Waals surface area contributed by atoms with E-state index in [1.165, 1.54) is 0 Å². The molecule has 1 rings (SSSR count). The highest BCUT2D eigenvalue weighted by atomic mass is 32.2. The molecule has 15 heavy (non-hydrogen) atoms. The van der Waals surface area contributed by atoms with Crippen molar-refractivity contribution in [2.45, 2.75) is 26.2 Å². The number of hydrogen-bond acceptors (Lipinski definition) is 3. The average Bonchev–Trinajstić information content (AvgIpc) is 2.59. The summed E-state index contributed by atoms with van der Waals surface area (Å²) in [5, 5.41) is 0. The van der Waals surface area contributed by atoms with Gasteiger partial charge in [-0.3, -0.25) is 4.79 Å².